The molecule has 0 aromatic heterocycles. The SMILES string of the molecule is COc1cccc(C(=O)N(C)CC2CC(Br)C2)c1O. The Hall–Kier alpha value is -1.23. The van der Waals surface area contributed by atoms with Gasteiger partial charge in [-0.05, 0) is 30.9 Å². The molecule has 0 aliphatic heterocycles. The van der Waals surface area contributed by atoms with Crippen molar-refractivity contribution in [2.75, 3.05) is 20.7 Å². The third-order valence-electron chi connectivity index (χ3n) is 3.51. The number of alkyl halides is 1. The van der Waals surface area contributed by atoms with E-state index in [1.807, 2.05) is 0 Å². The zero-order valence-electron chi connectivity index (χ0n) is 11.1. The molecule has 1 saturated carbocycles. The second-order valence-corrected chi connectivity index (χ2v) is 6.27. The standard InChI is InChI=1S/C14H18BrNO3/c1-16(8-9-6-10(15)7-9)14(18)11-4-3-5-12(19-2)13(11)17/h3-5,9-10,17H,6-8H2,1-2H3. The molecule has 0 unspecified atom stereocenters. The van der Waals surface area contributed by atoms with Crippen LogP contribution < -0.4 is 4.74 Å². The van der Waals surface area contributed by atoms with Gasteiger partial charge >= 0.3 is 0 Å². The van der Waals surface area contributed by atoms with Crippen LogP contribution in [0.2, 0.25) is 0 Å². The number of nitrogens with zero attached hydrogens (tertiary/aromatic N) is 1. The zero-order valence-corrected chi connectivity index (χ0v) is 12.7. The monoisotopic (exact) mass is 327 g/mol. The van der Waals surface area contributed by atoms with E-state index in [4.69, 9.17) is 4.74 Å². The number of phenols is 1. The largest absolute Gasteiger partial charge is 0.504 e. The van der Waals surface area contributed by atoms with E-state index in [0.29, 0.717) is 16.5 Å². The number of rotatable bonds is 4. The summed E-state index contributed by atoms with van der Waals surface area (Å²) in [4.78, 5) is 14.5. The summed E-state index contributed by atoms with van der Waals surface area (Å²) in [5, 5.41) is 9.98. The molecular weight excluding hydrogens is 310 g/mol. The number of methoxy groups -OCH3 is 1. The lowest BCUT2D eigenvalue weighted by Gasteiger charge is -2.34. The summed E-state index contributed by atoms with van der Waals surface area (Å²) < 4.78 is 5.02. The Morgan fingerprint density at radius 2 is 2.21 bits per heavy atom. The molecule has 1 fully saturated rings. The minimum Gasteiger partial charge on any atom is -0.504 e. The fourth-order valence-electron chi connectivity index (χ4n) is 2.34. The Morgan fingerprint density at radius 3 is 2.79 bits per heavy atom. The van der Waals surface area contributed by atoms with Gasteiger partial charge in [0.1, 0.15) is 0 Å². The van der Waals surface area contributed by atoms with E-state index in [1.165, 1.54) is 7.11 Å². The Balaban J connectivity index is 2.06. The molecule has 0 radical (unpaired) electrons. The lowest BCUT2D eigenvalue weighted by molar-refractivity contribution is 0.0745. The van der Waals surface area contributed by atoms with E-state index in [0.717, 1.165) is 19.4 Å². The van der Waals surface area contributed by atoms with Crippen molar-refractivity contribution in [3.05, 3.63) is 23.8 Å². The minimum absolute atomic E-state index is 0.0890. The summed E-state index contributed by atoms with van der Waals surface area (Å²) in [6, 6.07) is 4.95. The first-order valence-corrected chi connectivity index (χ1v) is 7.20. The van der Waals surface area contributed by atoms with E-state index < -0.39 is 0 Å². The van der Waals surface area contributed by atoms with Crippen molar-refractivity contribution in [2.24, 2.45) is 5.92 Å². The topological polar surface area (TPSA) is 49.8 Å². The molecule has 1 aromatic carbocycles. The van der Waals surface area contributed by atoms with Gasteiger partial charge in [-0.3, -0.25) is 4.79 Å². The molecule has 1 aliphatic rings. The highest BCUT2D eigenvalue weighted by molar-refractivity contribution is 9.09. The molecule has 2 rings (SSSR count). The molecule has 1 aromatic rings. The second-order valence-electron chi connectivity index (χ2n) is 4.98. The molecule has 1 amide bonds. The van der Waals surface area contributed by atoms with Gasteiger partial charge in [0.25, 0.3) is 5.91 Å². The number of carbonyl (C=O) groups is 1. The number of amides is 1. The van der Waals surface area contributed by atoms with Crippen LogP contribution in [0.25, 0.3) is 0 Å². The van der Waals surface area contributed by atoms with E-state index in [2.05, 4.69) is 15.9 Å². The van der Waals surface area contributed by atoms with Gasteiger partial charge in [0.2, 0.25) is 0 Å². The summed E-state index contributed by atoms with van der Waals surface area (Å²) in [5.74, 6) is 0.609. The van der Waals surface area contributed by atoms with Crippen LogP contribution in [0.3, 0.4) is 0 Å². The highest BCUT2D eigenvalue weighted by Crippen LogP contribution is 2.34. The Kier molecular flexibility index (Phi) is 4.34. The molecule has 19 heavy (non-hydrogen) atoms. The van der Waals surface area contributed by atoms with Crippen LogP contribution in [0.4, 0.5) is 0 Å². The summed E-state index contributed by atoms with van der Waals surface area (Å²) in [6.07, 6.45) is 2.20. The molecule has 0 saturated heterocycles. The van der Waals surface area contributed by atoms with Gasteiger partial charge in [-0.25, -0.2) is 0 Å². The maximum absolute atomic E-state index is 12.3. The van der Waals surface area contributed by atoms with Gasteiger partial charge in [0.05, 0.1) is 12.7 Å². The van der Waals surface area contributed by atoms with Gasteiger partial charge in [-0.2, -0.15) is 0 Å². The van der Waals surface area contributed by atoms with Crippen molar-refractivity contribution in [3.8, 4) is 11.5 Å². The number of carbonyl (C=O) groups excluding carboxylic acids is 1. The number of ether oxygens (including phenoxy) is 1. The van der Waals surface area contributed by atoms with E-state index in [9.17, 15) is 9.90 Å². The number of benzene rings is 1. The number of halogens is 1. The van der Waals surface area contributed by atoms with Gasteiger partial charge < -0.3 is 14.7 Å². The van der Waals surface area contributed by atoms with Crippen molar-refractivity contribution in [2.45, 2.75) is 17.7 Å². The van der Waals surface area contributed by atoms with Crippen LogP contribution in [0.1, 0.15) is 23.2 Å². The average Bonchev–Trinajstić information content (AvgIpc) is 2.36. The molecule has 1 N–H and O–H groups in total. The predicted molar refractivity (Wildman–Crippen MR) is 77.1 cm³/mol. The van der Waals surface area contributed by atoms with E-state index in [1.54, 1.807) is 30.1 Å². The summed E-state index contributed by atoms with van der Waals surface area (Å²) >= 11 is 3.54. The summed E-state index contributed by atoms with van der Waals surface area (Å²) in [7, 11) is 3.24. The fourth-order valence-corrected chi connectivity index (χ4v) is 3.40. The third-order valence-corrected chi connectivity index (χ3v) is 4.25. The van der Waals surface area contributed by atoms with Gasteiger partial charge in [-0.15, -0.1) is 0 Å². The molecule has 0 bridgehead atoms. The Labute approximate surface area is 121 Å². The van der Waals surface area contributed by atoms with Crippen LogP contribution in [-0.4, -0.2) is 41.4 Å². The van der Waals surface area contributed by atoms with Gasteiger partial charge in [0.15, 0.2) is 11.5 Å². The van der Waals surface area contributed by atoms with Crippen molar-refractivity contribution < 1.29 is 14.6 Å². The maximum atomic E-state index is 12.3. The summed E-state index contributed by atoms with van der Waals surface area (Å²) in [5.41, 5.74) is 0.288. The first kappa shape index (κ1) is 14.2. The normalized spacial score (nSPS) is 21.6. The quantitative estimate of drug-likeness (QED) is 0.865. The number of phenolic OH excluding ortho intramolecular Hbond substituents is 1. The molecular formula is C14H18BrNO3. The Bertz CT molecular complexity index is 472. The number of hydrogen-bond donors (Lipinski definition) is 1. The first-order chi connectivity index (χ1) is 9.02. The average molecular weight is 328 g/mol. The molecule has 104 valence electrons. The fraction of sp³-hybridized carbons (Fsp3) is 0.500. The molecule has 0 heterocycles. The van der Waals surface area contributed by atoms with Crippen LogP contribution in [0.15, 0.2) is 18.2 Å². The lowest BCUT2D eigenvalue weighted by Crippen LogP contribution is -2.37. The summed E-state index contributed by atoms with van der Waals surface area (Å²) in [6.45, 7) is 0.720. The van der Waals surface area contributed by atoms with Crippen LogP contribution in [0.5, 0.6) is 11.5 Å². The van der Waals surface area contributed by atoms with E-state index >= 15 is 0 Å². The molecule has 5 heteroatoms. The zero-order chi connectivity index (χ0) is 14.0. The molecule has 1 aliphatic carbocycles. The first-order valence-electron chi connectivity index (χ1n) is 6.28. The molecule has 0 atom stereocenters. The number of para-hydroxylation sites is 1. The van der Waals surface area contributed by atoms with E-state index in [-0.39, 0.29) is 17.2 Å². The smallest absolute Gasteiger partial charge is 0.257 e. The van der Waals surface area contributed by atoms with Gasteiger partial charge in [-0.1, -0.05) is 22.0 Å². The Morgan fingerprint density at radius 1 is 1.53 bits per heavy atom. The highest BCUT2D eigenvalue weighted by Gasteiger charge is 2.29. The van der Waals surface area contributed by atoms with Crippen molar-refractivity contribution in [1.82, 2.24) is 4.90 Å². The van der Waals surface area contributed by atoms with Crippen LogP contribution in [-0.2, 0) is 0 Å². The number of aromatic hydroxyl groups is 1. The van der Waals surface area contributed by atoms with Crippen molar-refractivity contribution in [3.63, 3.8) is 0 Å². The van der Waals surface area contributed by atoms with Crippen LogP contribution >= 0.6 is 15.9 Å². The third kappa shape index (κ3) is 3.03. The predicted octanol–water partition coefficient (Wildman–Crippen LogP) is 2.65. The molecule has 0 spiro atoms. The minimum atomic E-state index is -0.172. The maximum Gasteiger partial charge on any atom is 0.257 e. The second kappa shape index (κ2) is 5.82. The number of hydrogen-bond acceptors (Lipinski definition) is 3. The van der Waals surface area contributed by atoms with Crippen LogP contribution in [0, 0.1) is 5.92 Å². The molecule has 4 nitrogen and oxygen atoms in total. The van der Waals surface area contributed by atoms with Crippen molar-refractivity contribution >= 4 is 21.8 Å². The van der Waals surface area contributed by atoms with Gasteiger partial charge in [0, 0.05) is 18.4 Å². The van der Waals surface area contributed by atoms with Crippen molar-refractivity contribution in [1.29, 1.82) is 0 Å². The lowest BCUT2D eigenvalue weighted by atomic mass is 9.85. The highest BCUT2D eigenvalue weighted by atomic mass is 79.9.